The number of nitrogens with two attached hydrogens (primary N) is 1. The molecule has 0 aromatic heterocycles. The third kappa shape index (κ3) is 1.73. The van der Waals surface area contributed by atoms with Crippen molar-refractivity contribution in [3.8, 4) is 6.19 Å². The predicted octanol–water partition coefficient (Wildman–Crippen LogP) is 0.619. The first-order chi connectivity index (χ1) is 6.16. The summed E-state index contributed by atoms with van der Waals surface area (Å²) in [4.78, 5) is 11.0. The van der Waals surface area contributed by atoms with Crippen molar-refractivity contribution in [2.45, 2.75) is 0 Å². The maximum atomic E-state index is 12.8. The van der Waals surface area contributed by atoms with Gasteiger partial charge in [0.05, 0.1) is 11.3 Å². The second kappa shape index (κ2) is 3.54. The van der Waals surface area contributed by atoms with Gasteiger partial charge in [0.1, 0.15) is 5.82 Å². The monoisotopic (exact) mass is 179 g/mol. The highest BCUT2D eigenvalue weighted by Crippen LogP contribution is 2.14. The summed E-state index contributed by atoms with van der Waals surface area (Å²) in [6.45, 7) is 0. The zero-order valence-electron chi connectivity index (χ0n) is 6.54. The van der Waals surface area contributed by atoms with Crippen molar-refractivity contribution in [2.24, 2.45) is 0 Å². The molecule has 0 bridgehead atoms. The maximum absolute atomic E-state index is 12.8. The number of nitrogens with zero attached hydrogens (tertiary/aromatic N) is 1. The fourth-order valence-corrected chi connectivity index (χ4v) is 0.853. The van der Waals surface area contributed by atoms with Crippen LogP contribution >= 0.6 is 0 Å². The van der Waals surface area contributed by atoms with E-state index in [1.807, 2.05) is 5.32 Å². The molecule has 0 radical (unpaired) electrons. The van der Waals surface area contributed by atoms with Gasteiger partial charge in [0, 0.05) is 0 Å². The fourth-order valence-electron chi connectivity index (χ4n) is 0.853. The zero-order chi connectivity index (χ0) is 9.84. The molecule has 0 fully saturated rings. The van der Waals surface area contributed by atoms with E-state index >= 15 is 0 Å². The molecule has 1 rings (SSSR count). The highest BCUT2D eigenvalue weighted by atomic mass is 19.1. The lowest BCUT2D eigenvalue weighted by Crippen LogP contribution is -2.19. The van der Waals surface area contributed by atoms with Crippen LogP contribution in [0.2, 0.25) is 0 Å². The lowest BCUT2D eigenvalue weighted by Gasteiger charge is -2.02. The van der Waals surface area contributed by atoms with Crippen molar-refractivity contribution >= 4 is 11.6 Å². The van der Waals surface area contributed by atoms with Crippen LogP contribution in [-0.4, -0.2) is 5.91 Å². The van der Waals surface area contributed by atoms with E-state index in [4.69, 9.17) is 11.0 Å². The Labute approximate surface area is 73.8 Å². The van der Waals surface area contributed by atoms with Gasteiger partial charge in [-0.1, -0.05) is 6.07 Å². The Morgan fingerprint density at radius 2 is 2.31 bits per heavy atom. The minimum absolute atomic E-state index is 0.0402. The standard InChI is InChI=1S/C8H6FN3O/c9-6-3-1-2-5(7(6)11)8(13)12-4-10/h1-3H,11H2,(H,12,13). The summed E-state index contributed by atoms with van der Waals surface area (Å²) < 4.78 is 12.8. The molecule has 0 atom stereocenters. The number of halogens is 1. The van der Waals surface area contributed by atoms with E-state index in [1.165, 1.54) is 18.3 Å². The molecule has 0 heterocycles. The molecule has 0 saturated carbocycles. The second-order valence-corrected chi connectivity index (χ2v) is 2.27. The fraction of sp³-hybridized carbons (Fsp3) is 0. The van der Waals surface area contributed by atoms with Crippen LogP contribution in [-0.2, 0) is 0 Å². The van der Waals surface area contributed by atoms with Crippen molar-refractivity contribution in [1.82, 2.24) is 5.32 Å². The smallest absolute Gasteiger partial charge is 0.266 e. The van der Waals surface area contributed by atoms with Crippen molar-refractivity contribution in [3.63, 3.8) is 0 Å². The van der Waals surface area contributed by atoms with E-state index in [0.29, 0.717) is 0 Å². The Morgan fingerprint density at radius 1 is 1.62 bits per heavy atom. The number of benzene rings is 1. The van der Waals surface area contributed by atoms with E-state index in [0.717, 1.165) is 6.07 Å². The number of nitrogen functional groups attached to an aromatic ring is 1. The maximum Gasteiger partial charge on any atom is 0.266 e. The van der Waals surface area contributed by atoms with Crippen molar-refractivity contribution < 1.29 is 9.18 Å². The Balaban J connectivity index is 3.09. The summed E-state index contributed by atoms with van der Waals surface area (Å²) in [5.74, 6) is -1.38. The minimum Gasteiger partial charge on any atom is -0.396 e. The Bertz CT molecular complexity index is 383. The molecule has 1 amide bonds. The highest BCUT2D eigenvalue weighted by molar-refractivity contribution is 5.99. The number of anilines is 1. The van der Waals surface area contributed by atoms with Gasteiger partial charge >= 0.3 is 0 Å². The lowest BCUT2D eigenvalue weighted by molar-refractivity contribution is 0.0973. The molecule has 3 N–H and O–H groups in total. The minimum atomic E-state index is -0.709. The normalized spacial score (nSPS) is 8.92. The number of hydrogen-bond acceptors (Lipinski definition) is 3. The third-order valence-corrected chi connectivity index (χ3v) is 1.47. The first-order valence-corrected chi connectivity index (χ1v) is 3.40. The lowest BCUT2D eigenvalue weighted by atomic mass is 10.1. The van der Waals surface area contributed by atoms with Gasteiger partial charge in [0.25, 0.3) is 5.91 Å². The Morgan fingerprint density at radius 3 is 2.92 bits per heavy atom. The van der Waals surface area contributed by atoms with Gasteiger partial charge in [-0.15, -0.1) is 0 Å². The number of amides is 1. The van der Waals surface area contributed by atoms with Crippen LogP contribution in [0.5, 0.6) is 0 Å². The largest absolute Gasteiger partial charge is 0.396 e. The van der Waals surface area contributed by atoms with Crippen LogP contribution in [0.1, 0.15) is 10.4 Å². The van der Waals surface area contributed by atoms with Gasteiger partial charge in [-0.3, -0.25) is 10.1 Å². The summed E-state index contributed by atoms with van der Waals surface area (Å²) in [5.41, 5.74) is 4.97. The van der Waals surface area contributed by atoms with Crippen LogP contribution in [0, 0.1) is 17.3 Å². The SMILES string of the molecule is N#CNC(=O)c1cccc(F)c1N. The van der Waals surface area contributed by atoms with Crippen LogP contribution < -0.4 is 11.1 Å². The summed E-state index contributed by atoms with van der Waals surface area (Å²) in [7, 11) is 0. The molecular formula is C8H6FN3O. The molecule has 66 valence electrons. The summed E-state index contributed by atoms with van der Waals surface area (Å²) in [6, 6.07) is 3.82. The van der Waals surface area contributed by atoms with Crippen molar-refractivity contribution in [3.05, 3.63) is 29.6 Å². The molecule has 4 nitrogen and oxygen atoms in total. The Kier molecular flexibility index (Phi) is 2.45. The summed E-state index contributed by atoms with van der Waals surface area (Å²) >= 11 is 0. The molecule has 0 aliphatic rings. The first-order valence-electron chi connectivity index (χ1n) is 3.40. The third-order valence-electron chi connectivity index (χ3n) is 1.47. The average molecular weight is 179 g/mol. The van der Waals surface area contributed by atoms with E-state index in [9.17, 15) is 9.18 Å². The van der Waals surface area contributed by atoms with Gasteiger partial charge in [0.2, 0.25) is 0 Å². The van der Waals surface area contributed by atoms with E-state index in [2.05, 4.69) is 0 Å². The number of hydrogen-bond donors (Lipinski definition) is 2. The van der Waals surface area contributed by atoms with Crippen LogP contribution in [0.25, 0.3) is 0 Å². The van der Waals surface area contributed by atoms with Gasteiger partial charge < -0.3 is 5.73 Å². The highest BCUT2D eigenvalue weighted by Gasteiger charge is 2.11. The van der Waals surface area contributed by atoms with Gasteiger partial charge in [-0.05, 0) is 12.1 Å². The predicted molar refractivity (Wildman–Crippen MR) is 43.9 cm³/mol. The quantitative estimate of drug-likeness (QED) is 0.376. The van der Waals surface area contributed by atoms with Crippen molar-refractivity contribution in [1.29, 1.82) is 5.26 Å². The molecular weight excluding hydrogens is 173 g/mol. The summed E-state index contributed by atoms with van der Waals surface area (Å²) in [5, 5.41) is 9.99. The number of nitriles is 1. The molecule has 1 aromatic carbocycles. The molecule has 1 aromatic rings. The summed E-state index contributed by atoms with van der Waals surface area (Å²) in [6.07, 6.45) is 1.44. The van der Waals surface area contributed by atoms with Gasteiger partial charge in [0.15, 0.2) is 6.19 Å². The molecule has 0 unspecified atom stereocenters. The molecule has 5 heteroatoms. The van der Waals surface area contributed by atoms with E-state index < -0.39 is 11.7 Å². The zero-order valence-corrected chi connectivity index (χ0v) is 6.54. The van der Waals surface area contributed by atoms with E-state index in [1.54, 1.807) is 0 Å². The molecule has 13 heavy (non-hydrogen) atoms. The van der Waals surface area contributed by atoms with Crippen LogP contribution in [0.15, 0.2) is 18.2 Å². The first kappa shape index (κ1) is 9.00. The molecule has 0 spiro atoms. The topological polar surface area (TPSA) is 78.9 Å². The van der Waals surface area contributed by atoms with E-state index in [-0.39, 0.29) is 11.3 Å². The van der Waals surface area contributed by atoms with Crippen LogP contribution in [0.3, 0.4) is 0 Å². The average Bonchev–Trinajstić information content (AvgIpc) is 2.10. The number of carbonyl (C=O) groups is 1. The number of para-hydroxylation sites is 1. The van der Waals surface area contributed by atoms with Gasteiger partial charge in [-0.2, -0.15) is 5.26 Å². The van der Waals surface area contributed by atoms with Crippen molar-refractivity contribution in [2.75, 3.05) is 5.73 Å². The number of carbonyl (C=O) groups excluding carboxylic acids is 1. The Hall–Kier alpha value is -2.09. The van der Waals surface area contributed by atoms with Gasteiger partial charge in [-0.25, -0.2) is 4.39 Å². The number of rotatable bonds is 1. The molecule has 0 aliphatic heterocycles. The molecule has 0 saturated heterocycles. The van der Waals surface area contributed by atoms with Crippen LogP contribution in [0.4, 0.5) is 10.1 Å². The number of nitrogens with one attached hydrogen (secondary N) is 1. The second-order valence-electron chi connectivity index (χ2n) is 2.27. The molecule has 0 aliphatic carbocycles.